The molecule has 194 valence electrons. The number of amides is 1. The zero-order valence-corrected chi connectivity index (χ0v) is 20.8. The second kappa shape index (κ2) is 10.6. The van der Waals surface area contributed by atoms with E-state index in [0.717, 1.165) is 12.3 Å². The number of hydrogen-bond donors (Lipinski definition) is 1. The minimum Gasteiger partial charge on any atom is -0.410 e. The van der Waals surface area contributed by atoms with Crippen molar-refractivity contribution in [1.29, 1.82) is 0 Å². The van der Waals surface area contributed by atoms with E-state index in [9.17, 15) is 22.8 Å². The zero-order chi connectivity index (χ0) is 27.6. The number of para-hydroxylation sites is 2. The van der Waals surface area contributed by atoms with Crippen molar-refractivity contribution in [2.75, 3.05) is 5.32 Å². The number of ether oxygens (including phenoxy) is 1. The molecule has 0 aliphatic rings. The Morgan fingerprint density at radius 1 is 0.846 bits per heavy atom. The van der Waals surface area contributed by atoms with Crippen LogP contribution in [0.1, 0.15) is 21.5 Å². The average Bonchev–Trinajstić information content (AvgIpc) is 2.93. The quantitative estimate of drug-likeness (QED) is 0.225. The fourth-order valence-electron chi connectivity index (χ4n) is 4.20. The van der Waals surface area contributed by atoms with Crippen molar-refractivity contribution < 1.29 is 27.5 Å². The normalized spacial score (nSPS) is 11.3. The van der Waals surface area contributed by atoms with Crippen molar-refractivity contribution in [3.8, 4) is 16.9 Å². The Hall–Kier alpha value is -4.69. The van der Waals surface area contributed by atoms with E-state index in [4.69, 9.17) is 16.3 Å². The van der Waals surface area contributed by atoms with Crippen LogP contribution in [0.5, 0.6) is 5.75 Å². The van der Waals surface area contributed by atoms with Gasteiger partial charge in [0, 0.05) is 28.3 Å². The number of fused-ring (bicyclic) bond motifs is 1. The molecule has 0 fully saturated rings. The Bertz CT molecular complexity index is 1710. The second-order valence-electron chi connectivity index (χ2n) is 8.46. The summed E-state index contributed by atoms with van der Waals surface area (Å²) in [6.45, 7) is 0. The van der Waals surface area contributed by atoms with Gasteiger partial charge in [0.15, 0.2) is 5.78 Å². The number of aromatic nitrogens is 1. The first-order valence-corrected chi connectivity index (χ1v) is 12.0. The summed E-state index contributed by atoms with van der Waals surface area (Å²) >= 11 is 6.09. The summed E-state index contributed by atoms with van der Waals surface area (Å²) in [6, 6.07) is 24.8. The molecule has 1 aromatic heterocycles. The molecule has 0 spiro atoms. The molecule has 0 atom stereocenters. The van der Waals surface area contributed by atoms with E-state index < -0.39 is 23.6 Å². The van der Waals surface area contributed by atoms with Gasteiger partial charge in [0.1, 0.15) is 5.75 Å². The van der Waals surface area contributed by atoms with Gasteiger partial charge in [-0.15, -0.1) is 0 Å². The molecule has 0 aliphatic carbocycles. The smallest absolute Gasteiger partial charge is 0.410 e. The molecule has 0 radical (unpaired) electrons. The lowest BCUT2D eigenvalue weighted by molar-refractivity contribution is -0.136. The summed E-state index contributed by atoms with van der Waals surface area (Å²) in [5, 5.41) is 2.99. The van der Waals surface area contributed by atoms with Gasteiger partial charge in [-0.05, 0) is 35.9 Å². The third-order valence-electron chi connectivity index (χ3n) is 5.93. The third-order valence-corrected chi connectivity index (χ3v) is 6.26. The second-order valence-corrected chi connectivity index (χ2v) is 8.87. The summed E-state index contributed by atoms with van der Waals surface area (Å²) in [7, 11) is 0. The van der Waals surface area contributed by atoms with Crippen molar-refractivity contribution in [2.24, 2.45) is 0 Å². The van der Waals surface area contributed by atoms with Crippen molar-refractivity contribution in [1.82, 2.24) is 4.98 Å². The molecule has 4 aromatic carbocycles. The van der Waals surface area contributed by atoms with Crippen LogP contribution in [-0.2, 0) is 6.18 Å². The predicted molar refractivity (Wildman–Crippen MR) is 143 cm³/mol. The first-order chi connectivity index (χ1) is 18.7. The predicted octanol–water partition coefficient (Wildman–Crippen LogP) is 8.42. The molecule has 0 saturated heterocycles. The molecule has 0 unspecified atom stereocenters. The van der Waals surface area contributed by atoms with Crippen LogP contribution in [0.4, 0.5) is 23.7 Å². The van der Waals surface area contributed by atoms with Gasteiger partial charge in [0.25, 0.3) is 0 Å². The molecule has 0 bridgehead atoms. The highest BCUT2D eigenvalue weighted by Crippen LogP contribution is 2.39. The number of pyridine rings is 1. The van der Waals surface area contributed by atoms with E-state index in [1.54, 1.807) is 66.7 Å². The SMILES string of the molecule is O=C(Nc1ccccc1Cl)Oc1cccc(-c2c(C(=O)c3ccccc3)cnc3c(C(F)(F)F)cccc23)c1. The maximum atomic E-state index is 13.8. The molecule has 1 amide bonds. The molecule has 5 aromatic rings. The Kier molecular flexibility index (Phi) is 7.04. The maximum absolute atomic E-state index is 13.8. The molecular weight excluding hydrogens is 529 g/mol. The number of nitrogens with one attached hydrogen (secondary N) is 1. The number of hydrogen-bond acceptors (Lipinski definition) is 4. The fraction of sp³-hybridized carbons (Fsp3) is 0.0333. The van der Waals surface area contributed by atoms with Gasteiger partial charge < -0.3 is 4.74 Å². The lowest BCUT2D eigenvalue weighted by Crippen LogP contribution is -2.17. The number of benzene rings is 4. The lowest BCUT2D eigenvalue weighted by atomic mass is 9.91. The number of rotatable bonds is 5. The first kappa shape index (κ1) is 25.9. The number of alkyl halides is 3. The van der Waals surface area contributed by atoms with Crippen LogP contribution < -0.4 is 10.1 Å². The van der Waals surface area contributed by atoms with E-state index in [1.165, 1.54) is 24.3 Å². The van der Waals surface area contributed by atoms with Crippen molar-refractivity contribution in [3.63, 3.8) is 0 Å². The van der Waals surface area contributed by atoms with E-state index in [1.807, 2.05) is 0 Å². The van der Waals surface area contributed by atoms with Crippen LogP contribution in [0.2, 0.25) is 5.02 Å². The minimum atomic E-state index is -4.66. The topological polar surface area (TPSA) is 68.3 Å². The van der Waals surface area contributed by atoms with Gasteiger partial charge >= 0.3 is 12.3 Å². The molecular formula is C30H18ClF3N2O3. The minimum absolute atomic E-state index is 0.102. The average molecular weight is 547 g/mol. The standard InChI is InChI=1S/C30H18ClF3N2O3/c31-24-14-4-5-15-25(24)36-29(38)39-20-11-6-10-19(16-20)26-21-12-7-13-23(30(32,33)34)27(21)35-17-22(26)28(37)18-8-2-1-3-9-18/h1-17H,(H,36,38). The van der Waals surface area contributed by atoms with Gasteiger partial charge in [0.05, 0.1) is 21.8 Å². The highest BCUT2D eigenvalue weighted by Gasteiger charge is 2.34. The van der Waals surface area contributed by atoms with Crippen LogP contribution >= 0.6 is 11.6 Å². The van der Waals surface area contributed by atoms with Crippen molar-refractivity contribution >= 4 is 40.1 Å². The van der Waals surface area contributed by atoms with Crippen LogP contribution in [0.15, 0.2) is 103 Å². The van der Waals surface area contributed by atoms with Crippen LogP contribution in [0, 0.1) is 0 Å². The number of carbonyl (C=O) groups excluding carboxylic acids is 2. The Balaban J connectivity index is 1.62. The van der Waals surface area contributed by atoms with Gasteiger partial charge in [-0.3, -0.25) is 15.1 Å². The van der Waals surface area contributed by atoms with Gasteiger partial charge in [0.2, 0.25) is 0 Å². The van der Waals surface area contributed by atoms with E-state index in [2.05, 4.69) is 10.3 Å². The number of halogens is 4. The van der Waals surface area contributed by atoms with Crippen molar-refractivity contribution in [2.45, 2.75) is 6.18 Å². The largest absolute Gasteiger partial charge is 0.418 e. The fourth-order valence-corrected chi connectivity index (χ4v) is 4.38. The summed E-state index contributed by atoms with van der Waals surface area (Å²) in [5.74, 6) is -0.313. The van der Waals surface area contributed by atoms with Crippen LogP contribution in [0.3, 0.4) is 0 Å². The number of carbonyl (C=O) groups is 2. The highest BCUT2D eigenvalue weighted by molar-refractivity contribution is 6.33. The molecule has 1 heterocycles. The van der Waals surface area contributed by atoms with Gasteiger partial charge in [-0.2, -0.15) is 13.2 Å². The van der Waals surface area contributed by atoms with E-state index in [0.29, 0.717) is 21.8 Å². The monoisotopic (exact) mass is 546 g/mol. The first-order valence-electron chi connectivity index (χ1n) is 11.6. The summed E-state index contributed by atoms with van der Waals surface area (Å²) in [6.07, 6.45) is -4.32. The molecule has 5 nitrogen and oxygen atoms in total. The Morgan fingerprint density at radius 3 is 2.31 bits per heavy atom. The molecule has 0 saturated carbocycles. The number of ketones is 1. The third kappa shape index (κ3) is 5.46. The molecule has 39 heavy (non-hydrogen) atoms. The summed E-state index contributed by atoms with van der Waals surface area (Å²) in [5.41, 5.74) is 0.166. The van der Waals surface area contributed by atoms with Crippen molar-refractivity contribution in [3.05, 3.63) is 125 Å². The number of nitrogens with zero attached hydrogens (tertiary/aromatic N) is 1. The Labute approximate surface area is 225 Å². The van der Waals surface area contributed by atoms with Crippen LogP contribution in [0.25, 0.3) is 22.0 Å². The van der Waals surface area contributed by atoms with Crippen LogP contribution in [-0.4, -0.2) is 16.9 Å². The number of anilines is 1. The molecule has 1 N–H and O–H groups in total. The van der Waals surface area contributed by atoms with Gasteiger partial charge in [-0.25, -0.2) is 4.79 Å². The lowest BCUT2D eigenvalue weighted by Gasteiger charge is -2.16. The molecule has 5 rings (SSSR count). The molecule has 0 aliphatic heterocycles. The maximum Gasteiger partial charge on any atom is 0.418 e. The van der Waals surface area contributed by atoms with E-state index in [-0.39, 0.29) is 27.8 Å². The summed E-state index contributed by atoms with van der Waals surface area (Å²) in [4.78, 5) is 30.1. The summed E-state index contributed by atoms with van der Waals surface area (Å²) < 4.78 is 46.9. The zero-order valence-electron chi connectivity index (χ0n) is 20.0. The molecule has 9 heteroatoms. The highest BCUT2D eigenvalue weighted by atomic mass is 35.5. The van der Waals surface area contributed by atoms with E-state index >= 15 is 0 Å². The Morgan fingerprint density at radius 2 is 1.56 bits per heavy atom. The van der Waals surface area contributed by atoms with Gasteiger partial charge in [-0.1, -0.05) is 78.3 Å².